The number of benzene rings is 2. The second-order valence-electron chi connectivity index (χ2n) is 7.53. The van der Waals surface area contributed by atoms with Crippen molar-refractivity contribution >= 4 is 16.8 Å². The number of nitrogens with zero attached hydrogens (tertiary/aromatic N) is 3. The Morgan fingerprint density at radius 3 is 2.17 bits per heavy atom. The molecule has 0 amide bonds. The zero-order chi connectivity index (χ0) is 20.4. The van der Waals surface area contributed by atoms with Crippen LogP contribution in [0.4, 0.5) is 8.78 Å². The van der Waals surface area contributed by atoms with Crippen LogP contribution in [0.3, 0.4) is 0 Å². The molecule has 0 atom stereocenters. The standard InChI is InChI=1S/C22H24F2N4O/c23-17-12-16(13-18(24)14-17)21(29)15-28-20-7-3-2-6-19(20)27(22(28)25)11-10-26-8-4-1-5-9-26/h2-3,6-7,12-14,25H,1,4-5,8-11,15H2. The molecule has 1 fully saturated rings. The van der Waals surface area contributed by atoms with Gasteiger partial charge in [0.2, 0.25) is 5.62 Å². The Balaban J connectivity index is 1.63. The Labute approximate surface area is 167 Å². The molecule has 1 aromatic heterocycles. The maximum Gasteiger partial charge on any atom is 0.203 e. The Hall–Kier alpha value is -2.80. The second-order valence-corrected chi connectivity index (χ2v) is 7.53. The fraction of sp³-hybridized carbons (Fsp3) is 0.364. The number of aromatic nitrogens is 2. The van der Waals surface area contributed by atoms with Gasteiger partial charge in [-0.3, -0.25) is 10.2 Å². The Morgan fingerprint density at radius 1 is 0.897 bits per heavy atom. The molecule has 0 aliphatic carbocycles. The van der Waals surface area contributed by atoms with Crippen LogP contribution in [-0.4, -0.2) is 39.5 Å². The van der Waals surface area contributed by atoms with Gasteiger partial charge in [0, 0.05) is 24.7 Å². The highest BCUT2D eigenvalue weighted by Crippen LogP contribution is 2.16. The van der Waals surface area contributed by atoms with Crippen LogP contribution < -0.4 is 5.62 Å². The maximum absolute atomic E-state index is 13.5. The average Bonchev–Trinajstić information content (AvgIpc) is 2.98. The molecule has 4 rings (SSSR count). The Morgan fingerprint density at radius 2 is 1.52 bits per heavy atom. The molecule has 152 valence electrons. The molecule has 1 aliphatic rings. The Kier molecular flexibility index (Phi) is 5.58. The van der Waals surface area contributed by atoms with Gasteiger partial charge < -0.3 is 14.0 Å². The summed E-state index contributed by atoms with van der Waals surface area (Å²) in [5.41, 5.74) is 1.84. The van der Waals surface area contributed by atoms with E-state index in [-0.39, 0.29) is 17.7 Å². The minimum absolute atomic E-state index is 0.0282. The highest BCUT2D eigenvalue weighted by molar-refractivity contribution is 5.96. The summed E-state index contributed by atoms with van der Waals surface area (Å²) < 4.78 is 30.5. The molecule has 1 N–H and O–H groups in total. The van der Waals surface area contributed by atoms with Gasteiger partial charge in [0.1, 0.15) is 11.6 Å². The van der Waals surface area contributed by atoms with Gasteiger partial charge in [-0.15, -0.1) is 0 Å². The number of imidazole rings is 1. The number of para-hydroxylation sites is 2. The van der Waals surface area contributed by atoms with E-state index in [9.17, 15) is 13.6 Å². The lowest BCUT2D eigenvalue weighted by Crippen LogP contribution is -2.35. The van der Waals surface area contributed by atoms with E-state index in [0.29, 0.717) is 6.54 Å². The first kappa shape index (κ1) is 19.5. The quantitative estimate of drug-likeness (QED) is 0.646. The smallest absolute Gasteiger partial charge is 0.203 e. The summed E-state index contributed by atoms with van der Waals surface area (Å²) in [6.07, 6.45) is 3.69. The maximum atomic E-state index is 13.5. The van der Waals surface area contributed by atoms with Crippen LogP contribution in [0, 0.1) is 17.0 Å². The first-order valence-corrected chi connectivity index (χ1v) is 9.97. The van der Waals surface area contributed by atoms with Gasteiger partial charge in [0.15, 0.2) is 5.78 Å². The van der Waals surface area contributed by atoms with E-state index in [1.807, 2.05) is 28.8 Å². The number of halogens is 2. The minimum atomic E-state index is -0.784. The predicted molar refractivity (Wildman–Crippen MR) is 107 cm³/mol. The third-order valence-corrected chi connectivity index (χ3v) is 5.55. The van der Waals surface area contributed by atoms with Crippen molar-refractivity contribution in [1.82, 2.24) is 14.0 Å². The van der Waals surface area contributed by atoms with Gasteiger partial charge >= 0.3 is 0 Å². The van der Waals surface area contributed by atoms with Gasteiger partial charge in [0.05, 0.1) is 17.6 Å². The summed E-state index contributed by atoms with van der Waals surface area (Å²) in [6, 6.07) is 10.4. The van der Waals surface area contributed by atoms with Crippen LogP contribution in [0.1, 0.15) is 29.6 Å². The van der Waals surface area contributed by atoms with E-state index < -0.39 is 17.4 Å². The molecule has 1 saturated heterocycles. The number of hydrogen-bond acceptors (Lipinski definition) is 3. The summed E-state index contributed by atoms with van der Waals surface area (Å²) in [6.45, 7) is 3.54. The number of carbonyl (C=O) groups excluding carboxylic acids is 1. The number of piperidine rings is 1. The number of carbonyl (C=O) groups is 1. The molecule has 0 radical (unpaired) electrons. The molecule has 0 unspecified atom stereocenters. The van der Waals surface area contributed by atoms with Gasteiger partial charge in [-0.2, -0.15) is 0 Å². The van der Waals surface area contributed by atoms with E-state index >= 15 is 0 Å². The molecule has 7 heteroatoms. The van der Waals surface area contributed by atoms with Crippen molar-refractivity contribution < 1.29 is 13.6 Å². The van der Waals surface area contributed by atoms with Crippen LogP contribution in [0.25, 0.3) is 11.0 Å². The zero-order valence-electron chi connectivity index (χ0n) is 16.2. The number of likely N-dealkylation sites (tertiary alicyclic amines) is 1. The van der Waals surface area contributed by atoms with Crippen molar-refractivity contribution in [2.45, 2.75) is 32.4 Å². The largest absolute Gasteiger partial charge is 0.309 e. The highest BCUT2D eigenvalue weighted by atomic mass is 19.1. The lowest BCUT2D eigenvalue weighted by molar-refractivity contribution is 0.0970. The molecule has 1 aliphatic heterocycles. The van der Waals surface area contributed by atoms with Crippen molar-refractivity contribution in [3.63, 3.8) is 0 Å². The number of Topliss-reactive ketones (excluding diaryl/α,β-unsaturated/α-hetero) is 1. The first-order chi connectivity index (χ1) is 14.0. The van der Waals surface area contributed by atoms with Gasteiger partial charge in [-0.25, -0.2) is 8.78 Å². The molecule has 0 spiro atoms. The third-order valence-electron chi connectivity index (χ3n) is 5.55. The van der Waals surface area contributed by atoms with Crippen molar-refractivity contribution in [3.8, 4) is 0 Å². The van der Waals surface area contributed by atoms with Crippen molar-refractivity contribution in [1.29, 1.82) is 5.41 Å². The second kappa shape index (κ2) is 8.29. The number of fused-ring (bicyclic) bond motifs is 1. The van der Waals surface area contributed by atoms with Crippen LogP contribution in [-0.2, 0) is 13.1 Å². The van der Waals surface area contributed by atoms with Crippen molar-refractivity contribution in [2.75, 3.05) is 19.6 Å². The Bertz CT molecular complexity index is 1080. The lowest BCUT2D eigenvalue weighted by Gasteiger charge is -2.26. The summed E-state index contributed by atoms with van der Waals surface area (Å²) in [4.78, 5) is 15.1. The SMILES string of the molecule is N=c1n(CCN2CCCCC2)c2ccccc2n1CC(=O)c1cc(F)cc(F)c1. The number of rotatable bonds is 6. The molecule has 3 aromatic rings. The van der Waals surface area contributed by atoms with Crippen LogP contribution in [0.5, 0.6) is 0 Å². The van der Waals surface area contributed by atoms with E-state index in [1.54, 1.807) is 4.57 Å². The van der Waals surface area contributed by atoms with Crippen LogP contribution in [0.15, 0.2) is 42.5 Å². The predicted octanol–water partition coefficient (Wildman–Crippen LogP) is 3.57. The third kappa shape index (κ3) is 4.15. The average molecular weight is 398 g/mol. The molecule has 0 bridgehead atoms. The van der Waals surface area contributed by atoms with E-state index in [2.05, 4.69) is 4.90 Å². The molecular weight excluding hydrogens is 374 g/mol. The number of ketones is 1. The van der Waals surface area contributed by atoms with Crippen molar-refractivity contribution in [2.24, 2.45) is 0 Å². The minimum Gasteiger partial charge on any atom is -0.309 e. The molecule has 0 saturated carbocycles. The topological polar surface area (TPSA) is 54.0 Å². The molecule has 2 aromatic carbocycles. The van der Waals surface area contributed by atoms with E-state index in [0.717, 1.165) is 48.9 Å². The van der Waals surface area contributed by atoms with E-state index in [4.69, 9.17) is 5.41 Å². The normalized spacial score (nSPS) is 15.1. The molecule has 2 heterocycles. The number of nitrogens with one attached hydrogen (secondary N) is 1. The van der Waals surface area contributed by atoms with E-state index in [1.165, 1.54) is 19.3 Å². The van der Waals surface area contributed by atoms with Crippen LogP contribution in [0.2, 0.25) is 0 Å². The number of hydrogen-bond donors (Lipinski definition) is 1. The lowest BCUT2D eigenvalue weighted by atomic mass is 10.1. The monoisotopic (exact) mass is 398 g/mol. The van der Waals surface area contributed by atoms with Gasteiger partial charge in [-0.1, -0.05) is 18.6 Å². The summed E-state index contributed by atoms with van der Waals surface area (Å²) in [5, 5.41) is 8.64. The first-order valence-electron chi connectivity index (χ1n) is 9.97. The fourth-order valence-corrected chi connectivity index (χ4v) is 4.06. The summed E-state index contributed by atoms with van der Waals surface area (Å²) in [5.74, 6) is -2.00. The summed E-state index contributed by atoms with van der Waals surface area (Å²) in [7, 11) is 0. The highest BCUT2D eigenvalue weighted by Gasteiger charge is 2.17. The molecular formula is C22H24F2N4O. The van der Waals surface area contributed by atoms with Crippen LogP contribution >= 0.6 is 0 Å². The molecule has 5 nitrogen and oxygen atoms in total. The molecule has 29 heavy (non-hydrogen) atoms. The fourth-order valence-electron chi connectivity index (χ4n) is 4.06. The van der Waals surface area contributed by atoms with Crippen molar-refractivity contribution in [3.05, 3.63) is 65.3 Å². The van der Waals surface area contributed by atoms with Gasteiger partial charge in [0.25, 0.3) is 0 Å². The zero-order valence-corrected chi connectivity index (χ0v) is 16.2. The summed E-state index contributed by atoms with van der Waals surface area (Å²) >= 11 is 0. The van der Waals surface area contributed by atoms with Gasteiger partial charge in [-0.05, 0) is 50.2 Å².